The Morgan fingerprint density at radius 3 is 2.22 bits per heavy atom. The fourth-order valence-corrected chi connectivity index (χ4v) is 1.84. The van der Waals surface area contributed by atoms with Crippen molar-refractivity contribution in [2.24, 2.45) is 5.73 Å². The third-order valence-electron chi connectivity index (χ3n) is 2.97. The summed E-state index contributed by atoms with van der Waals surface area (Å²) in [5.41, 5.74) is 8.99. The molecule has 94 valence electrons. The number of hydrogen-bond acceptors (Lipinski definition) is 2. The molecule has 2 rings (SSSR count). The summed E-state index contributed by atoms with van der Waals surface area (Å²) < 4.78 is 18.5. The van der Waals surface area contributed by atoms with Gasteiger partial charge in [-0.25, -0.2) is 4.39 Å². The van der Waals surface area contributed by atoms with Gasteiger partial charge in [0.15, 0.2) is 11.6 Å². The number of benzene rings is 2. The highest BCUT2D eigenvalue weighted by atomic mass is 19.1. The molecule has 0 fully saturated rings. The first-order valence-electron chi connectivity index (χ1n) is 5.77. The van der Waals surface area contributed by atoms with Crippen LogP contribution in [0.15, 0.2) is 42.5 Å². The summed E-state index contributed by atoms with van der Waals surface area (Å²) in [7, 11) is 1.44. The highest BCUT2D eigenvalue weighted by Crippen LogP contribution is 2.24. The Labute approximate surface area is 106 Å². The second kappa shape index (κ2) is 5.19. The number of hydrogen-bond donors (Lipinski definition) is 1. The molecule has 0 amide bonds. The maximum Gasteiger partial charge on any atom is 0.165 e. The Kier molecular flexibility index (Phi) is 3.63. The van der Waals surface area contributed by atoms with Gasteiger partial charge in [0.2, 0.25) is 0 Å². The Morgan fingerprint density at radius 1 is 1.06 bits per heavy atom. The molecule has 0 heterocycles. The van der Waals surface area contributed by atoms with E-state index in [-0.39, 0.29) is 11.8 Å². The minimum atomic E-state index is -0.391. The quantitative estimate of drug-likeness (QED) is 0.901. The molecule has 0 aliphatic rings. The van der Waals surface area contributed by atoms with Crippen LogP contribution in [-0.4, -0.2) is 7.11 Å². The lowest BCUT2D eigenvalue weighted by atomic mass is 9.98. The molecule has 0 saturated heterocycles. The van der Waals surface area contributed by atoms with E-state index in [2.05, 4.69) is 0 Å². The SMILES string of the molecule is COc1ccc(C(N)c2ccc(C)cc2)cc1F. The standard InChI is InChI=1S/C15H16FNO/c1-10-3-5-11(6-4-10)15(17)12-7-8-14(18-2)13(16)9-12/h3-9,15H,17H2,1-2H3. The first-order chi connectivity index (χ1) is 8.61. The van der Waals surface area contributed by atoms with Gasteiger partial charge in [-0.2, -0.15) is 0 Å². The van der Waals surface area contributed by atoms with Crippen LogP contribution in [0.5, 0.6) is 5.75 Å². The fraction of sp³-hybridized carbons (Fsp3) is 0.200. The maximum atomic E-state index is 13.6. The maximum absolute atomic E-state index is 13.6. The van der Waals surface area contributed by atoms with Crippen molar-refractivity contribution in [3.8, 4) is 5.75 Å². The average molecular weight is 245 g/mol. The third-order valence-corrected chi connectivity index (χ3v) is 2.97. The lowest BCUT2D eigenvalue weighted by Crippen LogP contribution is -2.12. The van der Waals surface area contributed by atoms with Gasteiger partial charge < -0.3 is 10.5 Å². The van der Waals surface area contributed by atoms with Crippen LogP contribution in [0.2, 0.25) is 0 Å². The van der Waals surface area contributed by atoms with Crippen LogP contribution in [0.1, 0.15) is 22.7 Å². The molecule has 0 radical (unpaired) electrons. The summed E-state index contributed by atoms with van der Waals surface area (Å²) in [6.07, 6.45) is 0. The molecular formula is C15H16FNO. The molecule has 0 bridgehead atoms. The average Bonchev–Trinajstić information content (AvgIpc) is 2.38. The first kappa shape index (κ1) is 12.6. The number of rotatable bonds is 3. The van der Waals surface area contributed by atoms with Gasteiger partial charge >= 0.3 is 0 Å². The van der Waals surface area contributed by atoms with Crippen molar-refractivity contribution in [1.29, 1.82) is 0 Å². The summed E-state index contributed by atoms with van der Waals surface area (Å²) >= 11 is 0. The molecule has 0 spiro atoms. The first-order valence-corrected chi connectivity index (χ1v) is 5.77. The lowest BCUT2D eigenvalue weighted by molar-refractivity contribution is 0.386. The zero-order valence-corrected chi connectivity index (χ0v) is 10.5. The molecule has 0 aromatic heterocycles. The highest BCUT2D eigenvalue weighted by molar-refractivity contribution is 5.36. The van der Waals surface area contributed by atoms with E-state index in [0.717, 1.165) is 11.1 Å². The summed E-state index contributed by atoms with van der Waals surface area (Å²) in [5.74, 6) is -0.160. The van der Waals surface area contributed by atoms with Crippen LogP contribution in [0.25, 0.3) is 0 Å². The predicted molar refractivity (Wildman–Crippen MR) is 70.2 cm³/mol. The van der Waals surface area contributed by atoms with Crippen molar-refractivity contribution in [3.05, 3.63) is 65.0 Å². The number of aryl methyl sites for hydroxylation is 1. The number of nitrogens with two attached hydrogens (primary N) is 1. The van der Waals surface area contributed by atoms with Gasteiger partial charge in [-0.15, -0.1) is 0 Å². The molecule has 2 nitrogen and oxygen atoms in total. The van der Waals surface area contributed by atoms with Crippen LogP contribution in [0.4, 0.5) is 4.39 Å². The molecule has 3 heteroatoms. The highest BCUT2D eigenvalue weighted by Gasteiger charge is 2.11. The fourth-order valence-electron chi connectivity index (χ4n) is 1.84. The Morgan fingerprint density at radius 2 is 1.67 bits per heavy atom. The van der Waals surface area contributed by atoms with Crippen LogP contribution < -0.4 is 10.5 Å². The van der Waals surface area contributed by atoms with Crippen molar-refractivity contribution in [3.63, 3.8) is 0 Å². The van der Waals surface area contributed by atoms with Gasteiger partial charge in [0.25, 0.3) is 0 Å². The van der Waals surface area contributed by atoms with Gasteiger partial charge in [0.1, 0.15) is 0 Å². The van der Waals surface area contributed by atoms with E-state index in [1.807, 2.05) is 31.2 Å². The van der Waals surface area contributed by atoms with Crippen LogP contribution in [0.3, 0.4) is 0 Å². The second-order valence-corrected chi connectivity index (χ2v) is 4.28. The Hall–Kier alpha value is -1.87. The zero-order chi connectivity index (χ0) is 13.1. The van der Waals surface area contributed by atoms with E-state index in [0.29, 0.717) is 0 Å². The zero-order valence-electron chi connectivity index (χ0n) is 10.5. The van der Waals surface area contributed by atoms with E-state index in [9.17, 15) is 4.39 Å². The normalized spacial score (nSPS) is 12.2. The van der Waals surface area contributed by atoms with Gasteiger partial charge in [0.05, 0.1) is 13.2 Å². The molecule has 0 aliphatic heterocycles. The largest absolute Gasteiger partial charge is 0.494 e. The van der Waals surface area contributed by atoms with Crippen molar-refractivity contribution >= 4 is 0 Å². The lowest BCUT2D eigenvalue weighted by Gasteiger charge is -2.14. The van der Waals surface area contributed by atoms with Gasteiger partial charge in [-0.1, -0.05) is 35.9 Å². The third kappa shape index (κ3) is 2.51. The molecule has 18 heavy (non-hydrogen) atoms. The number of methoxy groups -OCH3 is 1. The van der Waals surface area contributed by atoms with E-state index >= 15 is 0 Å². The summed E-state index contributed by atoms with van der Waals surface area (Å²) in [6, 6.07) is 12.4. The minimum Gasteiger partial charge on any atom is -0.494 e. The van der Waals surface area contributed by atoms with Crippen LogP contribution in [-0.2, 0) is 0 Å². The molecular weight excluding hydrogens is 229 g/mol. The monoisotopic (exact) mass is 245 g/mol. The van der Waals surface area contributed by atoms with Gasteiger partial charge in [-0.3, -0.25) is 0 Å². The van der Waals surface area contributed by atoms with E-state index < -0.39 is 5.82 Å². The second-order valence-electron chi connectivity index (χ2n) is 4.28. The topological polar surface area (TPSA) is 35.2 Å². The van der Waals surface area contributed by atoms with E-state index in [4.69, 9.17) is 10.5 Å². The van der Waals surface area contributed by atoms with Crippen molar-refractivity contribution in [1.82, 2.24) is 0 Å². The summed E-state index contributed by atoms with van der Waals surface area (Å²) in [5, 5.41) is 0. The van der Waals surface area contributed by atoms with Gasteiger partial charge in [0, 0.05) is 0 Å². The smallest absolute Gasteiger partial charge is 0.165 e. The molecule has 2 aromatic rings. The predicted octanol–water partition coefficient (Wildman–Crippen LogP) is 3.19. The molecule has 2 N–H and O–H groups in total. The Balaban J connectivity index is 2.31. The van der Waals surface area contributed by atoms with Crippen LogP contribution >= 0.6 is 0 Å². The summed E-state index contributed by atoms with van der Waals surface area (Å²) in [6.45, 7) is 2.02. The number of halogens is 1. The van der Waals surface area contributed by atoms with Crippen molar-refractivity contribution < 1.29 is 9.13 Å². The molecule has 1 unspecified atom stereocenters. The molecule has 1 atom stereocenters. The van der Waals surface area contributed by atoms with E-state index in [1.54, 1.807) is 12.1 Å². The van der Waals surface area contributed by atoms with E-state index in [1.165, 1.54) is 18.7 Å². The summed E-state index contributed by atoms with van der Waals surface area (Å²) in [4.78, 5) is 0. The molecule has 2 aromatic carbocycles. The van der Waals surface area contributed by atoms with Gasteiger partial charge in [-0.05, 0) is 30.2 Å². The van der Waals surface area contributed by atoms with Crippen LogP contribution in [0, 0.1) is 12.7 Å². The minimum absolute atomic E-state index is 0.231. The van der Waals surface area contributed by atoms with Crippen molar-refractivity contribution in [2.45, 2.75) is 13.0 Å². The molecule has 0 saturated carbocycles. The number of ether oxygens (including phenoxy) is 1. The Bertz CT molecular complexity index is 537. The van der Waals surface area contributed by atoms with Crippen molar-refractivity contribution in [2.75, 3.05) is 7.11 Å². The molecule has 0 aliphatic carbocycles.